The lowest BCUT2D eigenvalue weighted by Crippen LogP contribution is -2.61. The second kappa shape index (κ2) is 30.9. The summed E-state index contributed by atoms with van der Waals surface area (Å²) >= 11 is 0. The molecule has 0 radical (unpaired) electrons. The van der Waals surface area contributed by atoms with Gasteiger partial charge < -0.3 is 37.2 Å². The number of benzene rings is 22. The summed E-state index contributed by atoms with van der Waals surface area (Å²) in [5.41, 5.74) is 41.1. The topological polar surface area (TPSA) is 36.1 Å². The predicted molar refractivity (Wildman–Crippen MR) is 594 cm³/mol. The van der Waals surface area contributed by atoms with E-state index in [-0.39, 0.29) is 6.71 Å². The van der Waals surface area contributed by atoms with Crippen LogP contribution in [0.2, 0.25) is 0 Å². The van der Waals surface area contributed by atoms with Crippen molar-refractivity contribution in [3.8, 4) is 89.8 Å². The second-order valence-corrected chi connectivity index (χ2v) is 37.7. The van der Waals surface area contributed by atoms with Gasteiger partial charge in [0.1, 0.15) is 0 Å². The lowest BCUT2D eigenvalue weighted by Gasteiger charge is -2.46. The lowest BCUT2D eigenvalue weighted by atomic mass is 9.33. The first-order valence-corrected chi connectivity index (χ1v) is 48.7. The fraction of sp³-hybridized carbons (Fsp3) is 0. The van der Waals surface area contributed by atoms with Crippen LogP contribution < -0.4 is 26.2 Å². The van der Waals surface area contributed by atoms with Crippen LogP contribution in [-0.4, -0.2) is 34.1 Å². The van der Waals surface area contributed by atoms with Crippen molar-refractivity contribution >= 4 is 188 Å². The molecule has 0 saturated carbocycles. The number of aromatic nitrogens is 6. The van der Waals surface area contributed by atoms with Gasteiger partial charge in [-0.1, -0.05) is 346 Å². The Morgan fingerprint density at radius 3 is 0.589 bits per heavy atom. The summed E-state index contributed by atoms with van der Waals surface area (Å²) < 4.78 is 15.0. The quantitative estimate of drug-likeness (QED) is 0.108. The molecule has 9 heteroatoms. The summed E-state index contributed by atoms with van der Waals surface area (Å²) in [6, 6.07) is 190. The number of para-hydroxylation sites is 10. The van der Waals surface area contributed by atoms with Gasteiger partial charge in [-0.2, -0.15) is 0 Å². The Morgan fingerprint density at radius 2 is 0.340 bits per heavy atom. The molecule has 654 valence electrons. The average molecular weight is 1790 g/mol. The van der Waals surface area contributed by atoms with Gasteiger partial charge in [0.05, 0.1) is 77.6 Å². The van der Waals surface area contributed by atoms with Gasteiger partial charge in [0.25, 0.3) is 6.71 Å². The summed E-state index contributed by atoms with van der Waals surface area (Å²) in [7, 11) is 0. The molecule has 0 bridgehead atoms. The van der Waals surface area contributed by atoms with Crippen molar-refractivity contribution in [3.05, 3.63) is 504 Å². The third-order valence-corrected chi connectivity index (χ3v) is 30.3. The van der Waals surface area contributed by atoms with E-state index in [9.17, 15) is 0 Å². The minimum atomic E-state index is -0.366. The van der Waals surface area contributed by atoms with Crippen LogP contribution >= 0.6 is 0 Å². The highest BCUT2D eigenvalue weighted by Gasteiger charge is 2.46. The van der Waals surface area contributed by atoms with Gasteiger partial charge in [-0.15, -0.1) is 0 Å². The predicted octanol–water partition coefficient (Wildman–Crippen LogP) is 32.7. The molecule has 8 nitrogen and oxygen atoms in total. The Kier molecular flexibility index (Phi) is 17.2. The highest BCUT2D eigenvalue weighted by molar-refractivity contribution is 7.00. The van der Waals surface area contributed by atoms with E-state index in [2.05, 4.69) is 541 Å². The molecule has 141 heavy (non-hydrogen) atoms. The first-order chi connectivity index (χ1) is 70.0. The zero-order valence-electron chi connectivity index (χ0n) is 76.6. The van der Waals surface area contributed by atoms with Gasteiger partial charge in [-0.3, -0.25) is 0 Å². The van der Waals surface area contributed by atoms with Crippen molar-refractivity contribution in [1.29, 1.82) is 0 Å². The van der Waals surface area contributed by atoms with Crippen LogP contribution in [0.1, 0.15) is 0 Å². The standard InChI is InChI=1S/C132H83BN8/c1-6-34-84(35-7-1)89-76-128-130-129(77-89)141(132-98(87-40-12-4-13-41-87)54-33-55-99(132)88-42-14-5-15-43-88)127-83-95(139-124-74-68-92(136-118-60-28-20-48-104(118)105-49-21-29-61-119(105)136)80-110(124)111-81-93(69-75-125(111)139)137-120-62-30-22-50-106(120)107-51-23-31-63-121(107)137)65-71-113(127)133(130)112-70-64-94(82-126(112)140(128)131-96(85-36-8-2-9-37-85)52-32-53-97(131)86-38-10-3-11-39-86)138-122-72-66-90(134-114-56-24-16-44-100(114)101-45-17-25-57-115(101)134)78-108(122)109-79-91(67-73-123(109)138)135-116-58-26-18-46-102(116)103-47-19-27-59-117(103)135/h1-83H. The van der Waals surface area contributed by atoms with Crippen molar-refractivity contribution < 1.29 is 0 Å². The molecule has 0 N–H and O–H groups in total. The number of hydrogen-bond acceptors (Lipinski definition) is 2. The number of rotatable bonds is 13. The van der Waals surface area contributed by atoms with Crippen LogP contribution in [0.3, 0.4) is 0 Å². The molecule has 0 aliphatic carbocycles. The van der Waals surface area contributed by atoms with Crippen LogP contribution in [0.25, 0.3) is 221 Å². The molecule has 30 rings (SSSR count). The molecule has 0 unspecified atom stereocenters. The maximum Gasteiger partial charge on any atom is 0.252 e. The third-order valence-electron chi connectivity index (χ3n) is 30.3. The van der Waals surface area contributed by atoms with E-state index < -0.39 is 0 Å². The molecule has 0 spiro atoms. The molecule has 28 aromatic rings. The largest absolute Gasteiger partial charge is 0.310 e. The Morgan fingerprint density at radius 1 is 0.135 bits per heavy atom. The molecule has 2 aliphatic heterocycles. The van der Waals surface area contributed by atoms with Gasteiger partial charge >= 0.3 is 0 Å². The average Bonchev–Trinajstić information content (AvgIpc) is 1.43. The molecular formula is C132H83BN8. The third kappa shape index (κ3) is 11.8. The Hall–Kier alpha value is -18.7. The van der Waals surface area contributed by atoms with Crippen molar-refractivity contribution in [1.82, 2.24) is 27.4 Å². The highest BCUT2D eigenvalue weighted by Crippen LogP contribution is 2.56. The van der Waals surface area contributed by atoms with Gasteiger partial charge in [0.15, 0.2) is 0 Å². The van der Waals surface area contributed by atoms with Crippen LogP contribution in [0.4, 0.5) is 34.1 Å². The van der Waals surface area contributed by atoms with E-state index in [0.717, 1.165) is 212 Å². The molecular weight excluding hydrogens is 1710 g/mol. The maximum absolute atomic E-state index is 2.71. The Labute approximate surface area is 812 Å². The van der Waals surface area contributed by atoms with Gasteiger partial charge in [-0.25, -0.2) is 0 Å². The SMILES string of the molecule is c1ccc(-c2cc3c4c(c2)N(c2c(-c5ccccc5)cccc2-c2ccccc2)c2cc(-n5c6ccc(-n7c8ccccc8c8ccccc87)cc6c6cc(-n7c8ccccc8c8ccccc87)ccc65)ccc2B4c2ccc(-n4c5ccc(-n6c7ccccc7c7ccccc76)cc5c5cc(-n6c7ccccc7c7ccccc76)ccc54)cc2N3c2c(-c3ccccc3)cccc2-c2ccccc2)cc1. The smallest absolute Gasteiger partial charge is 0.252 e. The molecule has 8 heterocycles. The number of nitrogens with zero attached hydrogens (tertiary/aromatic N) is 8. The summed E-state index contributed by atoms with van der Waals surface area (Å²) in [6.45, 7) is -0.366. The van der Waals surface area contributed by atoms with Crippen LogP contribution in [0.15, 0.2) is 504 Å². The fourth-order valence-electron chi connectivity index (χ4n) is 24.4. The molecule has 22 aromatic carbocycles. The van der Waals surface area contributed by atoms with Crippen molar-refractivity contribution in [2.75, 3.05) is 9.80 Å². The zero-order chi connectivity index (χ0) is 92.2. The van der Waals surface area contributed by atoms with Gasteiger partial charge in [0, 0.05) is 144 Å². The van der Waals surface area contributed by atoms with Gasteiger partial charge in [-0.05, 0) is 207 Å². The van der Waals surface area contributed by atoms with Crippen LogP contribution in [0.5, 0.6) is 0 Å². The second-order valence-electron chi connectivity index (χ2n) is 37.7. The van der Waals surface area contributed by atoms with E-state index in [4.69, 9.17) is 0 Å². The minimum Gasteiger partial charge on any atom is -0.310 e. The number of anilines is 6. The lowest BCUT2D eigenvalue weighted by molar-refractivity contribution is 1.15. The Bertz CT molecular complexity index is 8870. The van der Waals surface area contributed by atoms with Crippen molar-refractivity contribution in [2.24, 2.45) is 0 Å². The summed E-state index contributed by atoms with van der Waals surface area (Å²) in [5, 5.41) is 14.3. The first kappa shape index (κ1) is 78.6. The molecule has 0 saturated heterocycles. The van der Waals surface area contributed by atoms with E-state index in [1.165, 1.54) is 59.5 Å². The molecule has 0 fully saturated rings. The van der Waals surface area contributed by atoms with Crippen molar-refractivity contribution in [3.63, 3.8) is 0 Å². The normalized spacial score (nSPS) is 12.5. The summed E-state index contributed by atoms with van der Waals surface area (Å²) in [5.74, 6) is 0. The highest BCUT2D eigenvalue weighted by atomic mass is 15.2. The van der Waals surface area contributed by atoms with Crippen LogP contribution in [-0.2, 0) is 0 Å². The van der Waals surface area contributed by atoms with E-state index in [1.807, 2.05) is 0 Å². The number of fused-ring (bicyclic) bond motifs is 22. The molecule has 0 atom stereocenters. The molecule has 2 aliphatic rings. The first-order valence-electron chi connectivity index (χ1n) is 48.7. The maximum atomic E-state index is 2.71. The Balaban J connectivity index is 0.723. The molecule has 6 aromatic heterocycles. The van der Waals surface area contributed by atoms with E-state index in [0.29, 0.717) is 0 Å². The summed E-state index contributed by atoms with van der Waals surface area (Å²) in [6.07, 6.45) is 0. The number of hydrogen-bond donors (Lipinski definition) is 0. The zero-order valence-corrected chi connectivity index (χ0v) is 76.6. The summed E-state index contributed by atoms with van der Waals surface area (Å²) in [4.78, 5) is 5.41. The van der Waals surface area contributed by atoms with E-state index >= 15 is 0 Å². The monoisotopic (exact) mass is 1790 g/mol. The fourth-order valence-corrected chi connectivity index (χ4v) is 24.4. The van der Waals surface area contributed by atoms with Crippen molar-refractivity contribution in [2.45, 2.75) is 0 Å². The van der Waals surface area contributed by atoms with Crippen LogP contribution in [0, 0.1) is 0 Å². The minimum absolute atomic E-state index is 0.366. The van der Waals surface area contributed by atoms with Gasteiger partial charge in [0.2, 0.25) is 0 Å². The molecule has 0 amide bonds. The van der Waals surface area contributed by atoms with E-state index in [1.54, 1.807) is 0 Å².